The summed E-state index contributed by atoms with van der Waals surface area (Å²) in [6, 6.07) is 3.52. The second kappa shape index (κ2) is 6.26. The molecule has 19 heavy (non-hydrogen) atoms. The summed E-state index contributed by atoms with van der Waals surface area (Å²) in [6.45, 7) is 8.42. The average molecular weight is 266 g/mol. The lowest BCUT2D eigenvalue weighted by Gasteiger charge is -2.21. The number of hydrogen-bond acceptors (Lipinski definition) is 5. The maximum absolute atomic E-state index is 10.7. The van der Waals surface area contributed by atoms with Crippen molar-refractivity contribution in [3.05, 3.63) is 12.1 Å². The van der Waals surface area contributed by atoms with Gasteiger partial charge in [0, 0.05) is 20.0 Å². The van der Waals surface area contributed by atoms with Gasteiger partial charge in [-0.25, -0.2) is 0 Å². The third kappa shape index (κ3) is 5.94. The van der Waals surface area contributed by atoms with Gasteiger partial charge in [0.25, 0.3) is 0 Å². The van der Waals surface area contributed by atoms with Crippen LogP contribution in [0.5, 0.6) is 5.88 Å². The molecule has 106 valence electrons. The molecule has 1 rings (SSSR count). The minimum atomic E-state index is -0.351. The number of aromatic nitrogens is 1. The van der Waals surface area contributed by atoms with Crippen molar-refractivity contribution in [2.45, 2.75) is 33.3 Å². The molecule has 1 amide bonds. The zero-order valence-corrected chi connectivity index (χ0v) is 11.9. The van der Waals surface area contributed by atoms with Crippen LogP contribution in [0.15, 0.2) is 12.1 Å². The maximum Gasteiger partial charge on any atom is 0.239 e. The molecule has 0 aromatic carbocycles. The zero-order chi connectivity index (χ0) is 14.5. The molecule has 0 aliphatic carbocycles. The molecule has 0 aliphatic heterocycles. The average Bonchev–Trinajstić information content (AvgIpc) is 2.26. The highest BCUT2D eigenvalue weighted by atomic mass is 16.5. The Labute approximate surface area is 113 Å². The van der Waals surface area contributed by atoms with Crippen LogP contribution < -0.4 is 21.1 Å². The van der Waals surface area contributed by atoms with Crippen molar-refractivity contribution in [1.29, 1.82) is 0 Å². The van der Waals surface area contributed by atoms with Crippen molar-refractivity contribution < 1.29 is 9.53 Å². The Kier molecular flexibility index (Phi) is 4.97. The summed E-state index contributed by atoms with van der Waals surface area (Å²) in [6.07, 6.45) is 0. The van der Waals surface area contributed by atoms with E-state index in [1.165, 1.54) is 6.92 Å². The standard InChI is InChI=1S/C13H22N4O2/c1-9(18)15-7-8-16-11-6-5-10(14)12(17-11)19-13(2,3)4/h5-6H,7-8,14H2,1-4H3,(H,15,18)(H,16,17). The first-order chi connectivity index (χ1) is 8.78. The minimum Gasteiger partial charge on any atom is -0.470 e. The summed E-state index contributed by atoms with van der Waals surface area (Å²) >= 11 is 0. The fourth-order valence-corrected chi connectivity index (χ4v) is 1.35. The molecule has 0 bridgehead atoms. The molecular formula is C13H22N4O2. The van der Waals surface area contributed by atoms with Gasteiger partial charge in [-0.1, -0.05) is 0 Å². The van der Waals surface area contributed by atoms with Gasteiger partial charge in [-0.2, -0.15) is 4.98 Å². The molecular weight excluding hydrogens is 244 g/mol. The minimum absolute atomic E-state index is 0.0520. The van der Waals surface area contributed by atoms with Crippen molar-refractivity contribution >= 4 is 17.4 Å². The van der Waals surface area contributed by atoms with Gasteiger partial charge in [-0.15, -0.1) is 0 Å². The second-order valence-corrected chi connectivity index (χ2v) is 5.22. The SMILES string of the molecule is CC(=O)NCCNc1ccc(N)c(OC(C)(C)C)n1. The van der Waals surface area contributed by atoms with Crippen molar-refractivity contribution in [3.63, 3.8) is 0 Å². The highest BCUT2D eigenvalue weighted by molar-refractivity contribution is 5.72. The number of rotatable bonds is 5. The van der Waals surface area contributed by atoms with Crippen LogP contribution in [0.1, 0.15) is 27.7 Å². The highest BCUT2D eigenvalue weighted by Gasteiger charge is 2.15. The molecule has 1 aromatic heterocycles. The largest absolute Gasteiger partial charge is 0.470 e. The van der Waals surface area contributed by atoms with Gasteiger partial charge in [-0.3, -0.25) is 4.79 Å². The van der Waals surface area contributed by atoms with Gasteiger partial charge in [0.1, 0.15) is 11.4 Å². The number of hydrogen-bond donors (Lipinski definition) is 3. The van der Waals surface area contributed by atoms with E-state index in [1.54, 1.807) is 12.1 Å². The monoisotopic (exact) mass is 266 g/mol. The topological polar surface area (TPSA) is 89.3 Å². The summed E-state index contributed by atoms with van der Waals surface area (Å²) in [5.41, 5.74) is 5.97. The molecule has 6 heteroatoms. The quantitative estimate of drug-likeness (QED) is 0.701. The van der Waals surface area contributed by atoms with E-state index in [0.717, 1.165) is 0 Å². The van der Waals surface area contributed by atoms with Crippen LogP contribution in [0.2, 0.25) is 0 Å². The molecule has 1 heterocycles. The summed E-state index contributed by atoms with van der Waals surface area (Å²) in [4.78, 5) is 15.0. The lowest BCUT2D eigenvalue weighted by molar-refractivity contribution is -0.118. The van der Waals surface area contributed by atoms with Crippen LogP contribution in [0.25, 0.3) is 0 Å². The van der Waals surface area contributed by atoms with Gasteiger partial charge in [0.05, 0.1) is 5.69 Å². The van der Waals surface area contributed by atoms with Gasteiger partial charge in [-0.05, 0) is 32.9 Å². The predicted molar refractivity (Wildman–Crippen MR) is 76.2 cm³/mol. The predicted octanol–water partition coefficient (Wildman–Crippen LogP) is 1.39. The number of nitrogen functional groups attached to an aromatic ring is 1. The summed E-state index contributed by atoms with van der Waals surface area (Å²) in [7, 11) is 0. The van der Waals surface area contributed by atoms with E-state index in [1.807, 2.05) is 20.8 Å². The lowest BCUT2D eigenvalue weighted by atomic mass is 10.2. The van der Waals surface area contributed by atoms with Crippen molar-refractivity contribution in [1.82, 2.24) is 10.3 Å². The van der Waals surface area contributed by atoms with Crippen molar-refractivity contribution in [2.24, 2.45) is 0 Å². The lowest BCUT2D eigenvalue weighted by Crippen LogP contribution is -2.27. The molecule has 0 atom stereocenters. The summed E-state index contributed by atoms with van der Waals surface area (Å²) in [5.74, 6) is 1.03. The molecule has 0 unspecified atom stereocenters. The van der Waals surface area contributed by atoms with E-state index in [4.69, 9.17) is 10.5 Å². The van der Waals surface area contributed by atoms with Crippen LogP contribution in [0.3, 0.4) is 0 Å². The van der Waals surface area contributed by atoms with Crippen LogP contribution in [0.4, 0.5) is 11.5 Å². The van der Waals surface area contributed by atoms with Crippen molar-refractivity contribution in [2.75, 3.05) is 24.1 Å². The molecule has 0 spiro atoms. The van der Waals surface area contributed by atoms with Crippen LogP contribution in [0, 0.1) is 0 Å². The van der Waals surface area contributed by atoms with E-state index in [0.29, 0.717) is 30.5 Å². The Morgan fingerprint density at radius 2 is 2.05 bits per heavy atom. The first kappa shape index (κ1) is 15.1. The number of carbonyl (C=O) groups is 1. The van der Waals surface area contributed by atoms with Gasteiger partial charge in [0.2, 0.25) is 11.8 Å². The highest BCUT2D eigenvalue weighted by Crippen LogP contribution is 2.24. The molecule has 1 aromatic rings. The van der Waals surface area contributed by atoms with Gasteiger partial charge < -0.3 is 21.1 Å². The zero-order valence-electron chi connectivity index (χ0n) is 11.9. The van der Waals surface area contributed by atoms with Crippen LogP contribution in [-0.2, 0) is 4.79 Å². The Bertz CT molecular complexity index is 441. The first-order valence-electron chi connectivity index (χ1n) is 6.22. The van der Waals surface area contributed by atoms with E-state index >= 15 is 0 Å². The number of carbonyl (C=O) groups excluding carboxylic acids is 1. The number of nitrogens with zero attached hydrogens (tertiary/aromatic N) is 1. The van der Waals surface area contributed by atoms with Gasteiger partial charge >= 0.3 is 0 Å². The van der Waals surface area contributed by atoms with Crippen LogP contribution in [-0.4, -0.2) is 29.6 Å². The molecule has 0 saturated heterocycles. The molecule has 4 N–H and O–H groups in total. The van der Waals surface area contributed by atoms with E-state index < -0.39 is 0 Å². The number of anilines is 2. The number of nitrogens with one attached hydrogen (secondary N) is 2. The smallest absolute Gasteiger partial charge is 0.239 e. The molecule has 0 saturated carbocycles. The number of amides is 1. The Balaban J connectivity index is 2.60. The van der Waals surface area contributed by atoms with E-state index in [2.05, 4.69) is 15.6 Å². The summed E-state index contributed by atoms with van der Waals surface area (Å²) < 4.78 is 5.67. The number of nitrogens with two attached hydrogens (primary N) is 1. The molecule has 6 nitrogen and oxygen atoms in total. The first-order valence-corrected chi connectivity index (χ1v) is 6.22. The fourth-order valence-electron chi connectivity index (χ4n) is 1.35. The van der Waals surface area contributed by atoms with Gasteiger partial charge in [0.15, 0.2) is 0 Å². The summed E-state index contributed by atoms with van der Waals surface area (Å²) in [5, 5.41) is 5.79. The van der Waals surface area contributed by atoms with Crippen molar-refractivity contribution in [3.8, 4) is 5.88 Å². The van der Waals surface area contributed by atoms with E-state index in [9.17, 15) is 4.79 Å². The molecule has 0 aliphatic rings. The number of pyridine rings is 1. The second-order valence-electron chi connectivity index (χ2n) is 5.22. The van der Waals surface area contributed by atoms with Crippen LogP contribution >= 0.6 is 0 Å². The number of ether oxygens (including phenoxy) is 1. The Hall–Kier alpha value is -1.98. The Morgan fingerprint density at radius 3 is 2.63 bits per heavy atom. The normalized spacial score (nSPS) is 10.9. The molecule has 0 radical (unpaired) electrons. The third-order valence-corrected chi connectivity index (χ3v) is 2.10. The fraction of sp³-hybridized carbons (Fsp3) is 0.538. The Morgan fingerprint density at radius 1 is 1.37 bits per heavy atom. The maximum atomic E-state index is 10.7. The molecule has 0 fully saturated rings. The van der Waals surface area contributed by atoms with E-state index in [-0.39, 0.29) is 11.5 Å². The third-order valence-electron chi connectivity index (χ3n) is 2.10.